The average molecular weight is 455 g/mol. The fourth-order valence-corrected chi connectivity index (χ4v) is 4.14. The van der Waals surface area contributed by atoms with E-state index in [2.05, 4.69) is 60.0 Å². The predicted molar refractivity (Wildman–Crippen MR) is 142 cm³/mol. The maximum Gasteiger partial charge on any atom is 0.00914 e. The molecule has 6 heteroatoms. The minimum Gasteiger partial charge on any atom is -0.330 e. The lowest BCUT2D eigenvalue weighted by molar-refractivity contribution is 0.549. The van der Waals surface area contributed by atoms with Crippen molar-refractivity contribution in [3.05, 3.63) is 59.2 Å². The number of nitrogens with two attached hydrogens (primary N) is 4. The first-order chi connectivity index (χ1) is 16.0. The van der Waals surface area contributed by atoms with Crippen LogP contribution in [0, 0.1) is 6.92 Å². The van der Waals surface area contributed by atoms with E-state index in [0.29, 0.717) is 0 Å². The Bertz CT molecular complexity index is 754. The molecule has 0 aliphatic rings. The minimum absolute atomic E-state index is 0.121. The summed E-state index contributed by atoms with van der Waals surface area (Å²) in [6.45, 7) is 7.36. The van der Waals surface area contributed by atoms with Crippen molar-refractivity contribution < 1.29 is 0 Å². The van der Waals surface area contributed by atoms with E-state index < -0.39 is 0 Å². The van der Waals surface area contributed by atoms with E-state index in [1.54, 1.807) is 0 Å². The first-order valence-electron chi connectivity index (χ1n) is 12.5. The minimum atomic E-state index is 0.121. The molecule has 2 rings (SSSR count). The normalized spacial score (nSPS) is 13.2. The summed E-state index contributed by atoms with van der Waals surface area (Å²) in [6, 6.07) is 15.7. The fourth-order valence-electron chi connectivity index (χ4n) is 4.14. The molecule has 184 valence electrons. The summed E-state index contributed by atoms with van der Waals surface area (Å²) in [6.07, 6.45) is 5.62. The first kappa shape index (κ1) is 27.4. The Kier molecular flexibility index (Phi) is 13.3. The molecule has 2 atom stereocenters. The summed E-state index contributed by atoms with van der Waals surface area (Å²) >= 11 is 0. The number of hydrogen-bond donors (Lipinski definition) is 6. The lowest BCUT2D eigenvalue weighted by atomic mass is 9.92. The predicted octanol–water partition coefficient (Wildman–Crippen LogP) is 2.06. The van der Waals surface area contributed by atoms with Gasteiger partial charge in [0.25, 0.3) is 0 Å². The fraction of sp³-hybridized carbons (Fsp3) is 0.556. The van der Waals surface area contributed by atoms with E-state index in [9.17, 15) is 0 Å². The molecular weight excluding hydrogens is 408 g/mol. The molecule has 0 heterocycles. The molecule has 2 aromatic rings. The molecule has 33 heavy (non-hydrogen) atoms. The van der Waals surface area contributed by atoms with Crippen molar-refractivity contribution in [3.8, 4) is 11.1 Å². The Morgan fingerprint density at radius 3 is 1.73 bits per heavy atom. The van der Waals surface area contributed by atoms with Gasteiger partial charge in [-0.3, -0.25) is 0 Å². The molecule has 0 aliphatic heterocycles. The maximum absolute atomic E-state index is 6.49. The third-order valence-electron chi connectivity index (χ3n) is 6.00. The Balaban J connectivity index is 2.06. The van der Waals surface area contributed by atoms with E-state index >= 15 is 0 Å². The molecular formula is C27H46N6. The Morgan fingerprint density at radius 2 is 1.24 bits per heavy atom. The zero-order valence-electron chi connectivity index (χ0n) is 20.5. The second-order valence-corrected chi connectivity index (χ2v) is 9.14. The van der Waals surface area contributed by atoms with Gasteiger partial charge in [-0.1, -0.05) is 42.5 Å². The molecule has 0 radical (unpaired) electrons. The number of aryl methyl sites for hydroxylation is 1. The monoisotopic (exact) mass is 454 g/mol. The van der Waals surface area contributed by atoms with Crippen LogP contribution in [0.25, 0.3) is 11.1 Å². The van der Waals surface area contributed by atoms with Gasteiger partial charge in [-0.2, -0.15) is 0 Å². The molecule has 2 aromatic carbocycles. The smallest absolute Gasteiger partial charge is 0.00914 e. The second-order valence-electron chi connectivity index (χ2n) is 9.14. The number of rotatable bonds is 17. The highest BCUT2D eigenvalue weighted by Gasteiger charge is 2.11. The Morgan fingerprint density at radius 1 is 0.727 bits per heavy atom. The van der Waals surface area contributed by atoms with Crippen LogP contribution in [-0.2, 0) is 12.8 Å². The Labute approximate surface area is 200 Å². The van der Waals surface area contributed by atoms with Crippen molar-refractivity contribution in [2.75, 3.05) is 39.3 Å². The van der Waals surface area contributed by atoms with Gasteiger partial charge in [0.2, 0.25) is 0 Å². The molecule has 0 fully saturated rings. The highest BCUT2D eigenvalue weighted by atomic mass is 14.9. The quantitative estimate of drug-likeness (QED) is 0.203. The first-order valence-corrected chi connectivity index (χ1v) is 12.5. The van der Waals surface area contributed by atoms with Gasteiger partial charge < -0.3 is 33.6 Å². The summed E-state index contributed by atoms with van der Waals surface area (Å²) in [5.41, 5.74) is 30.5. The topological polar surface area (TPSA) is 128 Å². The molecule has 2 unspecified atom stereocenters. The molecule has 0 aromatic heterocycles. The van der Waals surface area contributed by atoms with Crippen LogP contribution >= 0.6 is 0 Å². The maximum atomic E-state index is 6.49. The van der Waals surface area contributed by atoms with E-state index in [1.807, 2.05) is 0 Å². The van der Waals surface area contributed by atoms with Gasteiger partial charge in [0, 0.05) is 12.1 Å². The van der Waals surface area contributed by atoms with Gasteiger partial charge in [-0.15, -0.1) is 0 Å². The van der Waals surface area contributed by atoms with Crippen LogP contribution in [-0.4, -0.2) is 51.4 Å². The lowest BCUT2D eigenvalue weighted by Crippen LogP contribution is -2.30. The van der Waals surface area contributed by atoms with Gasteiger partial charge in [-0.05, 0) is 113 Å². The van der Waals surface area contributed by atoms with Gasteiger partial charge in [0.1, 0.15) is 0 Å². The molecule has 0 amide bonds. The van der Waals surface area contributed by atoms with Crippen LogP contribution in [0.5, 0.6) is 0 Å². The van der Waals surface area contributed by atoms with E-state index in [-0.39, 0.29) is 12.1 Å². The molecule has 0 aliphatic carbocycles. The summed E-state index contributed by atoms with van der Waals surface area (Å²) in [5.74, 6) is 0. The van der Waals surface area contributed by atoms with Gasteiger partial charge >= 0.3 is 0 Å². The van der Waals surface area contributed by atoms with Crippen molar-refractivity contribution in [2.24, 2.45) is 22.9 Å². The van der Waals surface area contributed by atoms with Crippen LogP contribution in [0.2, 0.25) is 0 Å². The lowest BCUT2D eigenvalue weighted by Gasteiger charge is -2.18. The molecule has 0 saturated heterocycles. The number of benzene rings is 2. The van der Waals surface area contributed by atoms with Gasteiger partial charge in [-0.25, -0.2) is 0 Å². The second kappa shape index (κ2) is 15.9. The van der Waals surface area contributed by atoms with Gasteiger partial charge in [0.05, 0.1) is 0 Å². The van der Waals surface area contributed by atoms with Crippen LogP contribution in [0.1, 0.15) is 42.4 Å². The highest BCUT2D eigenvalue weighted by Crippen LogP contribution is 2.27. The van der Waals surface area contributed by atoms with Crippen LogP contribution in [0.4, 0.5) is 0 Å². The standard InChI is InChI=1S/C27H46N6/c1-21-6-2-3-7-27(21)24-17-22(19-25(30)8-14-32-12-4-10-28)16-23(18-24)20-26(31)9-15-33-13-5-11-29/h2-3,6-7,16-18,25-26,32-33H,4-5,8-15,19-20,28-31H2,1H3. The molecule has 0 spiro atoms. The van der Waals surface area contributed by atoms with Crippen molar-refractivity contribution in [1.29, 1.82) is 0 Å². The summed E-state index contributed by atoms with van der Waals surface area (Å²) < 4.78 is 0. The van der Waals surface area contributed by atoms with Crippen LogP contribution in [0.3, 0.4) is 0 Å². The molecule has 6 nitrogen and oxygen atoms in total. The largest absolute Gasteiger partial charge is 0.330 e. The van der Waals surface area contributed by atoms with Crippen molar-refractivity contribution >= 4 is 0 Å². The average Bonchev–Trinajstić information content (AvgIpc) is 2.79. The van der Waals surface area contributed by atoms with Gasteiger partial charge in [0.15, 0.2) is 0 Å². The number of nitrogens with one attached hydrogen (secondary N) is 2. The van der Waals surface area contributed by atoms with Crippen molar-refractivity contribution in [3.63, 3.8) is 0 Å². The molecule has 0 bridgehead atoms. The van der Waals surface area contributed by atoms with Crippen molar-refractivity contribution in [2.45, 2.75) is 57.5 Å². The molecule has 10 N–H and O–H groups in total. The van der Waals surface area contributed by atoms with Crippen LogP contribution in [0.15, 0.2) is 42.5 Å². The third-order valence-corrected chi connectivity index (χ3v) is 6.00. The third kappa shape index (κ3) is 10.8. The SMILES string of the molecule is Cc1ccccc1-c1cc(CC(N)CCNCCCN)cc(CC(N)CCNCCCN)c1. The van der Waals surface area contributed by atoms with E-state index in [1.165, 1.54) is 27.8 Å². The zero-order chi connectivity index (χ0) is 23.9. The zero-order valence-corrected chi connectivity index (χ0v) is 20.5. The summed E-state index contributed by atoms with van der Waals surface area (Å²) in [7, 11) is 0. The summed E-state index contributed by atoms with van der Waals surface area (Å²) in [4.78, 5) is 0. The van der Waals surface area contributed by atoms with E-state index in [0.717, 1.165) is 77.8 Å². The number of hydrogen-bond acceptors (Lipinski definition) is 6. The summed E-state index contributed by atoms with van der Waals surface area (Å²) in [5, 5.41) is 6.86. The highest BCUT2D eigenvalue weighted by molar-refractivity contribution is 5.68. The van der Waals surface area contributed by atoms with Crippen LogP contribution < -0.4 is 33.6 Å². The Hall–Kier alpha value is -1.80. The molecule has 0 saturated carbocycles. The van der Waals surface area contributed by atoms with Crippen molar-refractivity contribution in [1.82, 2.24) is 10.6 Å². The van der Waals surface area contributed by atoms with E-state index in [4.69, 9.17) is 22.9 Å².